The highest BCUT2D eigenvalue weighted by atomic mass is 19.1. The normalized spacial score (nSPS) is 17.1. The van der Waals surface area contributed by atoms with E-state index in [9.17, 15) is 14.0 Å². The fourth-order valence-corrected chi connectivity index (χ4v) is 3.08. The van der Waals surface area contributed by atoms with Crippen molar-refractivity contribution in [2.75, 3.05) is 38.1 Å². The molecule has 2 aromatic rings. The van der Waals surface area contributed by atoms with E-state index in [1.54, 1.807) is 0 Å². The number of morpholine rings is 1. The van der Waals surface area contributed by atoms with Gasteiger partial charge in [0, 0.05) is 31.9 Å². The summed E-state index contributed by atoms with van der Waals surface area (Å²) in [6.07, 6.45) is 0.794. The van der Waals surface area contributed by atoms with Crippen LogP contribution in [-0.2, 0) is 14.3 Å². The van der Waals surface area contributed by atoms with Crippen LogP contribution < -0.4 is 10.6 Å². The van der Waals surface area contributed by atoms with Crippen LogP contribution in [0, 0.1) is 5.82 Å². The molecular weight excluding hydrogens is 361 g/mol. The van der Waals surface area contributed by atoms with Gasteiger partial charge in [-0.2, -0.15) is 0 Å². The Morgan fingerprint density at radius 3 is 2.57 bits per heavy atom. The monoisotopic (exact) mass is 385 g/mol. The number of amides is 2. The molecule has 6 nitrogen and oxygen atoms in total. The van der Waals surface area contributed by atoms with Gasteiger partial charge in [-0.1, -0.05) is 30.3 Å². The Kier molecular flexibility index (Phi) is 7.11. The Bertz CT molecular complexity index is 783. The van der Waals surface area contributed by atoms with E-state index in [1.165, 1.54) is 24.3 Å². The highest BCUT2D eigenvalue weighted by Gasteiger charge is 2.21. The van der Waals surface area contributed by atoms with E-state index in [2.05, 4.69) is 27.7 Å². The largest absolute Gasteiger partial charge is 0.371 e. The highest BCUT2D eigenvalue weighted by molar-refractivity contribution is 6.39. The van der Waals surface area contributed by atoms with Gasteiger partial charge in [0.2, 0.25) is 0 Å². The summed E-state index contributed by atoms with van der Waals surface area (Å²) < 4.78 is 18.7. The molecule has 1 heterocycles. The van der Waals surface area contributed by atoms with E-state index in [0.717, 1.165) is 31.6 Å². The zero-order valence-electron chi connectivity index (χ0n) is 15.6. The van der Waals surface area contributed by atoms with Crippen LogP contribution in [0.4, 0.5) is 10.1 Å². The van der Waals surface area contributed by atoms with E-state index in [4.69, 9.17) is 4.74 Å². The van der Waals surface area contributed by atoms with E-state index >= 15 is 0 Å². The minimum Gasteiger partial charge on any atom is -0.371 e. The minimum absolute atomic E-state index is 0.0611. The van der Waals surface area contributed by atoms with E-state index in [-0.39, 0.29) is 6.10 Å². The molecule has 1 fully saturated rings. The molecule has 0 bridgehead atoms. The van der Waals surface area contributed by atoms with Crippen LogP contribution in [0.25, 0.3) is 0 Å². The quantitative estimate of drug-likeness (QED) is 0.592. The summed E-state index contributed by atoms with van der Waals surface area (Å²) in [6, 6.07) is 15.4. The first kappa shape index (κ1) is 20.0. The molecule has 1 saturated heterocycles. The van der Waals surface area contributed by atoms with Crippen molar-refractivity contribution in [3.63, 3.8) is 0 Å². The smallest absolute Gasteiger partial charge is 0.313 e. The van der Waals surface area contributed by atoms with Gasteiger partial charge in [0.15, 0.2) is 0 Å². The molecule has 0 aromatic heterocycles. The summed E-state index contributed by atoms with van der Waals surface area (Å²) in [7, 11) is 0. The molecule has 1 atom stereocenters. The number of hydrogen-bond donors (Lipinski definition) is 2. The van der Waals surface area contributed by atoms with Crippen LogP contribution in [0.3, 0.4) is 0 Å². The molecule has 3 rings (SSSR count). The summed E-state index contributed by atoms with van der Waals surface area (Å²) >= 11 is 0. The number of benzene rings is 2. The zero-order chi connectivity index (χ0) is 19.8. The van der Waals surface area contributed by atoms with Gasteiger partial charge in [0.05, 0.1) is 12.7 Å². The number of anilines is 1. The maximum atomic E-state index is 12.9. The third-order valence-corrected chi connectivity index (χ3v) is 4.57. The summed E-state index contributed by atoms with van der Waals surface area (Å²) in [5.74, 6) is -1.87. The van der Waals surface area contributed by atoms with Crippen molar-refractivity contribution >= 4 is 17.5 Å². The molecule has 1 aliphatic rings. The number of rotatable bonds is 6. The average Bonchev–Trinajstić information content (AvgIpc) is 2.73. The lowest BCUT2D eigenvalue weighted by Gasteiger charge is -2.33. The van der Waals surface area contributed by atoms with Gasteiger partial charge in [-0.25, -0.2) is 4.39 Å². The molecule has 2 amide bonds. The zero-order valence-corrected chi connectivity index (χ0v) is 15.6. The van der Waals surface area contributed by atoms with Crippen molar-refractivity contribution in [3.8, 4) is 0 Å². The predicted octanol–water partition coefficient (Wildman–Crippen LogP) is 2.34. The standard InChI is InChI=1S/C21H24FN3O3/c22-17-7-9-18(10-8-17)24-21(27)20(26)23-11-4-12-25-13-14-28-19(15-25)16-5-2-1-3-6-16/h1-3,5-10,19H,4,11-15H2,(H,23,26)(H,24,27). The molecule has 1 unspecified atom stereocenters. The van der Waals surface area contributed by atoms with Gasteiger partial charge in [-0.15, -0.1) is 0 Å². The van der Waals surface area contributed by atoms with Crippen LogP contribution in [0.1, 0.15) is 18.1 Å². The van der Waals surface area contributed by atoms with Crippen molar-refractivity contribution in [1.82, 2.24) is 10.2 Å². The summed E-state index contributed by atoms with van der Waals surface area (Å²) in [6.45, 7) is 3.55. The van der Waals surface area contributed by atoms with Crippen LogP contribution in [0.5, 0.6) is 0 Å². The molecule has 0 radical (unpaired) electrons. The van der Waals surface area contributed by atoms with Crippen LogP contribution in [0.2, 0.25) is 0 Å². The molecule has 28 heavy (non-hydrogen) atoms. The fraction of sp³-hybridized carbons (Fsp3) is 0.333. The van der Waals surface area contributed by atoms with E-state index in [1.807, 2.05) is 18.2 Å². The number of ether oxygens (including phenoxy) is 1. The van der Waals surface area contributed by atoms with Gasteiger partial charge >= 0.3 is 11.8 Å². The summed E-state index contributed by atoms with van der Waals surface area (Å²) in [4.78, 5) is 26.0. The van der Waals surface area contributed by atoms with E-state index < -0.39 is 17.6 Å². The predicted molar refractivity (Wildman–Crippen MR) is 104 cm³/mol. The van der Waals surface area contributed by atoms with Gasteiger partial charge < -0.3 is 15.4 Å². The van der Waals surface area contributed by atoms with Crippen molar-refractivity contribution in [3.05, 3.63) is 66.0 Å². The Hall–Kier alpha value is -2.77. The Morgan fingerprint density at radius 1 is 1.07 bits per heavy atom. The van der Waals surface area contributed by atoms with Crippen LogP contribution in [-0.4, -0.2) is 49.5 Å². The molecule has 0 aliphatic carbocycles. The summed E-state index contributed by atoms with van der Waals surface area (Å²) in [5.41, 5.74) is 1.54. The fourth-order valence-electron chi connectivity index (χ4n) is 3.08. The molecule has 0 saturated carbocycles. The molecule has 148 valence electrons. The first-order valence-electron chi connectivity index (χ1n) is 9.35. The number of carbonyl (C=O) groups is 2. The second-order valence-corrected chi connectivity index (χ2v) is 6.64. The third kappa shape index (κ3) is 5.87. The Balaban J connectivity index is 1.36. The number of nitrogens with one attached hydrogen (secondary N) is 2. The maximum absolute atomic E-state index is 12.9. The molecule has 2 aromatic carbocycles. The van der Waals surface area contributed by atoms with Crippen molar-refractivity contribution in [2.24, 2.45) is 0 Å². The van der Waals surface area contributed by atoms with Gasteiger partial charge in [-0.3, -0.25) is 14.5 Å². The lowest BCUT2D eigenvalue weighted by Crippen LogP contribution is -2.41. The average molecular weight is 385 g/mol. The van der Waals surface area contributed by atoms with Gasteiger partial charge in [0.25, 0.3) is 0 Å². The second-order valence-electron chi connectivity index (χ2n) is 6.64. The number of nitrogens with zero attached hydrogens (tertiary/aromatic N) is 1. The van der Waals surface area contributed by atoms with Crippen LogP contribution >= 0.6 is 0 Å². The van der Waals surface area contributed by atoms with Crippen LogP contribution in [0.15, 0.2) is 54.6 Å². The van der Waals surface area contributed by atoms with Crippen molar-refractivity contribution in [1.29, 1.82) is 0 Å². The van der Waals surface area contributed by atoms with Crippen molar-refractivity contribution in [2.45, 2.75) is 12.5 Å². The van der Waals surface area contributed by atoms with Crippen molar-refractivity contribution < 1.29 is 18.7 Å². The maximum Gasteiger partial charge on any atom is 0.313 e. The van der Waals surface area contributed by atoms with Gasteiger partial charge in [-0.05, 0) is 36.2 Å². The lowest BCUT2D eigenvalue weighted by atomic mass is 10.1. The summed E-state index contributed by atoms with van der Waals surface area (Å²) in [5, 5.41) is 5.05. The number of halogens is 1. The Labute approximate surface area is 163 Å². The number of hydrogen-bond acceptors (Lipinski definition) is 4. The molecular formula is C21H24FN3O3. The minimum atomic E-state index is -0.762. The third-order valence-electron chi connectivity index (χ3n) is 4.57. The topological polar surface area (TPSA) is 70.7 Å². The first-order valence-corrected chi connectivity index (χ1v) is 9.35. The molecule has 2 N–H and O–H groups in total. The molecule has 1 aliphatic heterocycles. The first-order chi connectivity index (χ1) is 13.6. The molecule has 0 spiro atoms. The SMILES string of the molecule is O=C(NCCCN1CCOC(c2ccccc2)C1)C(=O)Nc1ccc(F)cc1. The van der Waals surface area contributed by atoms with E-state index in [0.29, 0.717) is 18.8 Å². The van der Waals surface area contributed by atoms with Gasteiger partial charge in [0.1, 0.15) is 5.82 Å². The number of carbonyl (C=O) groups excluding carboxylic acids is 2. The Morgan fingerprint density at radius 2 is 1.82 bits per heavy atom. The molecule has 7 heteroatoms. The highest BCUT2D eigenvalue weighted by Crippen LogP contribution is 2.21. The lowest BCUT2D eigenvalue weighted by molar-refractivity contribution is -0.136. The second kappa shape index (κ2) is 9.96.